The van der Waals surface area contributed by atoms with Gasteiger partial charge in [-0.3, -0.25) is 0 Å². The maximum atomic E-state index is 5.85. The average molecular weight is 255 g/mol. The lowest BCUT2D eigenvalue weighted by Gasteiger charge is -2.33. The van der Waals surface area contributed by atoms with Gasteiger partial charge in [0.05, 0.1) is 26.9 Å². The molecule has 0 nitrogen and oxygen atoms in total. The fraction of sp³-hybridized carbons (Fsp3) is 0.833. The van der Waals surface area contributed by atoms with Gasteiger partial charge >= 0.3 is 0 Å². The number of hydrogen-bond acceptors (Lipinski definition) is 0. The first-order valence-electron chi connectivity index (χ1n) is 3.09. The van der Waals surface area contributed by atoms with E-state index in [2.05, 4.69) is 0 Å². The van der Waals surface area contributed by atoms with E-state index in [9.17, 15) is 0 Å². The van der Waals surface area contributed by atoms with Gasteiger partial charge in [-0.25, -0.2) is 0 Å². The molecular weight excluding hydrogens is 249 g/mol. The van der Waals surface area contributed by atoms with Crippen LogP contribution in [0.25, 0.3) is 0 Å². The summed E-state index contributed by atoms with van der Waals surface area (Å²) in [5.74, 6) is 0. The normalized spacial score (nSPS) is 52.6. The molecule has 0 aromatic heterocycles. The van der Waals surface area contributed by atoms with E-state index in [1.54, 1.807) is 6.42 Å². The van der Waals surface area contributed by atoms with Crippen LogP contribution in [0.5, 0.6) is 0 Å². The second-order valence-corrected chi connectivity index (χ2v) is 4.93. The Kier molecular flexibility index (Phi) is 3.93. The van der Waals surface area contributed by atoms with Crippen LogP contribution >= 0.6 is 58.0 Å². The van der Waals surface area contributed by atoms with Gasteiger partial charge in [0.25, 0.3) is 0 Å². The lowest BCUT2D eigenvalue weighted by atomic mass is 9.98. The Morgan fingerprint density at radius 1 is 0.636 bits per heavy atom. The van der Waals surface area contributed by atoms with E-state index >= 15 is 0 Å². The molecule has 0 heterocycles. The lowest BCUT2D eigenvalue weighted by Crippen LogP contribution is -2.45. The predicted octanol–water partition coefficient (Wildman–Crippen LogP) is 3.24. The Hall–Kier alpha value is 1.45. The van der Waals surface area contributed by atoms with Gasteiger partial charge in [-0.1, -0.05) is 0 Å². The van der Waals surface area contributed by atoms with Crippen molar-refractivity contribution in [3.8, 4) is 0 Å². The molecule has 0 saturated heterocycles. The summed E-state index contributed by atoms with van der Waals surface area (Å²) in [6, 6.07) is 0. The highest BCUT2D eigenvalue weighted by atomic mass is 35.5. The highest BCUT2D eigenvalue weighted by molar-refractivity contribution is 6.41. The second kappa shape index (κ2) is 4.11. The molecule has 11 heavy (non-hydrogen) atoms. The number of hydrogen-bond donors (Lipinski definition) is 0. The summed E-state index contributed by atoms with van der Waals surface area (Å²) in [6.07, 6.45) is 1.71. The Morgan fingerprint density at radius 3 is 1.36 bits per heavy atom. The molecule has 4 atom stereocenters. The smallest absolute Gasteiger partial charge is 0.0692 e. The Balaban J connectivity index is 2.63. The molecule has 5 heteroatoms. The molecule has 0 aliphatic heterocycles. The molecule has 0 aromatic rings. The van der Waals surface area contributed by atoms with Gasteiger partial charge in [0.15, 0.2) is 0 Å². The van der Waals surface area contributed by atoms with Crippen molar-refractivity contribution in [2.45, 2.75) is 26.9 Å². The summed E-state index contributed by atoms with van der Waals surface area (Å²) in [6.45, 7) is 0. The first-order chi connectivity index (χ1) is 5.04. The summed E-state index contributed by atoms with van der Waals surface area (Å²) in [7, 11) is 0. The lowest BCUT2D eigenvalue weighted by molar-refractivity contribution is 0.627. The van der Waals surface area contributed by atoms with Crippen LogP contribution in [-0.2, 0) is 0 Å². The van der Waals surface area contributed by atoms with Crippen molar-refractivity contribution in [3.05, 3.63) is 6.42 Å². The summed E-state index contributed by atoms with van der Waals surface area (Å²) in [5.41, 5.74) is 0. The van der Waals surface area contributed by atoms with Crippen molar-refractivity contribution < 1.29 is 0 Å². The molecule has 1 aliphatic rings. The van der Waals surface area contributed by atoms with E-state index in [1.165, 1.54) is 0 Å². The third kappa shape index (κ3) is 2.22. The quantitative estimate of drug-likeness (QED) is 0.583. The van der Waals surface area contributed by atoms with Crippen molar-refractivity contribution in [2.75, 3.05) is 0 Å². The first-order valence-corrected chi connectivity index (χ1v) is 5.27. The minimum Gasteiger partial charge on any atom is -0.121 e. The van der Waals surface area contributed by atoms with Crippen LogP contribution in [0.1, 0.15) is 0 Å². The van der Waals surface area contributed by atoms with E-state index in [-0.39, 0.29) is 26.9 Å². The Labute approximate surface area is 91.1 Å². The first kappa shape index (κ1) is 10.5. The van der Waals surface area contributed by atoms with Crippen molar-refractivity contribution in [2.24, 2.45) is 0 Å². The molecule has 0 spiro atoms. The van der Waals surface area contributed by atoms with Crippen molar-refractivity contribution in [1.29, 1.82) is 0 Å². The predicted molar refractivity (Wildman–Crippen MR) is 52.5 cm³/mol. The molecule has 1 radical (unpaired) electrons. The summed E-state index contributed by atoms with van der Waals surface area (Å²) in [5, 5.41) is -1.63. The van der Waals surface area contributed by atoms with Crippen molar-refractivity contribution in [1.82, 2.24) is 0 Å². The van der Waals surface area contributed by atoms with E-state index < -0.39 is 0 Å². The van der Waals surface area contributed by atoms with Gasteiger partial charge in [-0.15, -0.1) is 58.0 Å². The van der Waals surface area contributed by atoms with E-state index in [0.29, 0.717) is 0 Å². The molecule has 0 bridgehead atoms. The molecule has 1 aliphatic carbocycles. The topological polar surface area (TPSA) is 0 Å². The number of alkyl halides is 5. The van der Waals surface area contributed by atoms with Crippen LogP contribution in [0.15, 0.2) is 0 Å². The third-order valence-electron chi connectivity index (χ3n) is 1.58. The SMILES string of the molecule is ClC1[CH]C(Cl)C(Cl)C(Cl)C1Cl. The van der Waals surface area contributed by atoms with Crippen LogP contribution in [0, 0.1) is 6.42 Å². The molecule has 1 rings (SSSR count). The zero-order valence-corrected chi connectivity index (χ0v) is 9.13. The minimum absolute atomic E-state index is 0.295. The molecule has 0 aromatic carbocycles. The maximum absolute atomic E-state index is 5.85. The fourth-order valence-corrected chi connectivity index (χ4v) is 2.63. The van der Waals surface area contributed by atoms with Gasteiger partial charge in [0.1, 0.15) is 0 Å². The average Bonchev–Trinajstić information content (AvgIpc) is 1.97. The van der Waals surface area contributed by atoms with Crippen molar-refractivity contribution >= 4 is 58.0 Å². The Morgan fingerprint density at radius 2 is 1.00 bits per heavy atom. The third-order valence-corrected chi connectivity index (χ3v) is 4.56. The molecule has 4 unspecified atom stereocenters. The zero-order chi connectivity index (χ0) is 8.59. The summed E-state index contributed by atoms with van der Waals surface area (Å²) >= 11 is 29.1. The second-order valence-electron chi connectivity index (χ2n) is 2.41. The van der Waals surface area contributed by atoms with E-state index in [0.717, 1.165) is 0 Å². The molecular formula is C6H6Cl5. The highest BCUT2D eigenvalue weighted by Gasteiger charge is 2.41. The molecule has 65 valence electrons. The summed E-state index contributed by atoms with van der Waals surface area (Å²) < 4.78 is 0. The van der Waals surface area contributed by atoms with Crippen molar-refractivity contribution in [3.63, 3.8) is 0 Å². The highest BCUT2D eigenvalue weighted by Crippen LogP contribution is 2.36. The van der Waals surface area contributed by atoms with Gasteiger partial charge in [-0.2, -0.15) is 0 Å². The maximum Gasteiger partial charge on any atom is 0.0692 e. The minimum atomic E-state index is -0.367. The molecule has 0 amide bonds. The van der Waals surface area contributed by atoms with Gasteiger partial charge in [-0.05, 0) is 0 Å². The van der Waals surface area contributed by atoms with Crippen LogP contribution < -0.4 is 0 Å². The molecule has 0 N–H and O–H groups in total. The molecule has 1 saturated carbocycles. The van der Waals surface area contributed by atoms with Gasteiger partial charge in [0.2, 0.25) is 0 Å². The summed E-state index contributed by atoms with van der Waals surface area (Å²) in [4.78, 5) is 0. The monoisotopic (exact) mass is 253 g/mol. The van der Waals surface area contributed by atoms with Crippen LogP contribution in [0.4, 0.5) is 0 Å². The Bertz CT molecular complexity index is 125. The van der Waals surface area contributed by atoms with E-state index in [1.807, 2.05) is 0 Å². The largest absolute Gasteiger partial charge is 0.121 e. The zero-order valence-electron chi connectivity index (χ0n) is 5.35. The number of rotatable bonds is 0. The van der Waals surface area contributed by atoms with Crippen LogP contribution in [-0.4, -0.2) is 26.9 Å². The van der Waals surface area contributed by atoms with Gasteiger partial charge < -0.3 is 0 Å². The van der Waals surface area contributed by atoms with Crippen LogP contribution in [0.2, 0.25) is 0 Å². The number of halogens is 5. The van der Waals surface area contributed by atoms with E-state index in [4.69, 9.17) is 58.0 Å². The molecule has 1 fully saturated rings. The van der Waals surface area contributed by atoms with Crippen LogP contribution in [0.3, 0.4) is 0 Å². The fourth-order valence-electron chi connectivity index (χ4n) is 0.915. The standard InChI is InChI=1S/C6H6Cl5/c7-2-1-3(8)5(10)6(11)4(2)9/h1-6H. The van der Waals surface area contributed by atoms with Gasteiger partial charge in [0, 0.05) is 6.42 Å².